The van der Waals surface area contributed by atoms with Crippen LogP contribution in [0.2, 0.25) is 0 Å². The molecule has 0 aromatic rings. The van der Waals surface area contributed by atoms with Crippen molar-refractivity contribution < 1.29 is 47.6 Å². The van der Waals surface area contributed by atoms with Gasteiger partial charge in [-0.25, -0.2) is 8.42 Å². The fraction of sp³-hybridized carbons (Fsp3) is 1.00. The predicted octanol–water partition coefficient (Wildman–Crippen LogP) is 3.33. The minimum Gasteiger partial charge on any atom is -0.748 e. The van der Waals surface area contributed by atoms with Gasteiger partial charge in [0, 0.05) is 5.25 Å². The smallest absolute Gasteiger partial charge is 0.748 e. The van der Waals surface area contributed by atoms with Crippen molar-refractivity contribution in [2.24, 2.45) is 0 Å². The van der Waals surface area contributed by atoms with Crippen molar-refractivity contribution in [3.63, 3.8) is 0 Å². The molecular formula is C22H45NaO4S. The first-order valence-corrected chi connectivity index (χ1v) is 13.0. The van der Waals surface area contributed by atoms with Crippen LogP contribution in [0.25, 0.3) is 0 Å². The van der Waals surface area contributed by atoms with Gasteiger partial charge in [0.1, 0.15) is 0 Å². The van der Waals surface area contributed by atoms with Crippen LogP contribution >= 0.6 is 0 Å². The third-order valence-electron chi connectivity index (χ3n) is 5.49. The number of aliphatic hydroxyl groups is 1. The van der Waals surface area contributed by atoms with E-state index in [-0.39, 0.29) is 35.7 Å². The van der Waals surface area contributed by atoms with Crippen molar-refractivity contribution in [2.75, 3.05) is 0 Å². The standard InChI is InChI=1S/C22H46O4S.Na/c1-3-5-7-8-9-10-11-12-13-14-17-21(23)18-15-16-20-22(19-6-4-2)27(24,25)26;/h21-23H,3-20H2,1-2H3,(H,24,25,26);/q;+1/p-1. The van der Waals surface area contributed by atoms with Crippen LogP contribution in [0, 0.1) is 0 Å². The van der Waals surface area contributed by atoms with Gasteiger partial charge < -0.3 is 9.66 Å². The molecule has 6 heteroatoms. The van der Waals surface area contributed by atoms with Gasteiger partial charge in [-0.1, -0.05) is 104 Å². The molecule has 28 heavy (non-hydrogen) atoms. The average Bonchev–Trinajstić information content (AvgIpc) is 2.61. The molecule has 4 nitrogen and oxygen atoms in total. The third-order valence-corrected chi connectivity index (χ3v) is 6.78. The van der Waals surface area contributed by atoms with Gasteiger partial charge in [0.25, 0.3) is 0 Å². The van der Waals surface area contributed by atoms with E-state index in [1.54, 1.807) is 0 Å². The van der Waals surface area contributed by atoms with Crippen molar-refractivity contribution in [1.29, 1.82) is 0 Å². The van der Waals surface area contributed by atoms with Crippen LogP contribution in [-0.2, 0) is 10.1 Å². The third kappa shape index (κ3) is 20.2. The molecule has 0 spiro atoms. The molecule has 0 amide bonds. The Labute approximate surface area is 197 Å². The van der Waals surface area contributed by atoms with Crippen molar-refractivity contribution >= 4 is 10.1 Å². The van der Waals surface area contributed by atoms with Crippen molar-refractivity contribution in [1.82, 2.24) is 0 Å². The molecule has 1 N–H and O–H groups in total. The molecule has 0 aliphatic rings. The maximum atomic E-state index is 11.3. The Morgan fingerprint density at radius 2 is 1.00 bits per heavy atom. The Hall–Kier alpha value is 0.870. The van der Waals surface area contributed by atoms with Crippen LogP contribution in [0.4, 0.5) is 0 Å². The molecular weight excluding hydrogens is 383 g/mol. The van der Waals surface area contributed by atoms with Crippen molar-refractivity contribution in [2.45, 2.75) is 141 Å². The largest absolute Gasteiger partial charge is 1.00 e. The Morgan fingerprint density at radius 3 is 1.46 bits per heavy atom. The maximum absolute atomic E-state index is 11.3. The second-order valence-electron chi connectivity index (χ2n) is 8.17. The number of rotatable bonds is 20. The van der Waals surface area contributed by atoms with Crippen LogP contribution in [0.15, 0.2) is 0 Å². The predicted molar refractivity (Wildman–Crippen MR) is 114 cm³/mol. The van der Waals surface area contributed by atoms with Crippen molar-refractivity contribution in [3.05, 3.63) is 0 Å². The topological polar surface area (TPSA) is 77.4 Å². The summed E-state index contributed by atoms with van der Waals surface area (Å²) in [6.45, 7) is 4.24. The first-order chi connectivity index (χ1) is 12.9. The van der Waals surface area contributed by atoms with Crippen molar-refractivity contribution in [3.8, 4) is 0 Å². The minimum absolute atomic E-state index is 0. The van der Waals surface area contributed by atoms with Crippen LogP contribution in [-0.4, -0.2) is 29.4 Å². The van der Waals surface area contributed by atoms with Crippen LogP contribution < -0.4 is 29.6 Å². The monoisotopic (exact) mass is 428 g/mol. The first kappa shape index (κ1) is 31.1. The molecule has 0 radical (unpaired) electrons. The van der Waals surface area contributed by atoms with Crippen LogP contribution in [0.3, 0.4) is 0 Å². The zero-order chi connectivity index (χ0) is 20.4. The summed E-state index contributed by atoms with van der Waals surface area (Å²) >= 11 is 0. The molecule has 2 atom stereocenters. The molecule has 0 heterocycles. The van der Waals surface area contributed by atoms with E-state index in [9.17, 15) is 18.1 Å². The summed E-state index contributed by atoms with van der Waals surface area (Å²) in [5.74, 6) is 0. The second kappa shape index (κ2) is 21.1. The first-order valence-electron chi connectivity index (χ1n) is 11.5. The number of unbranched alkanes of at least 4 members (excludes halogenated alkanes) is 11. The molecule has 0 rings (SSSR count). The molecule has 0 aliphatic carbocycles. The summed E-state index contributed by atoms with van der Waals surface area (Å²) in [5.41, 5.74) is 0. The second-order valence-corrected chi connectivity index (χ2v) is 9.82. The van der Waals surface area contributed by atoms with E-state index in [4.69, 9.17) is 0 Å². The van der Waals surface area contributed by atoms with Gasteiger partial charge in [0.15, 0.2) is 0 Å². The van der Waals surface area contributed by atoms with Gasteiger partial charge in [0.05, 0.1) is 16.2 Å². The van der Waals surface area contributed by atoms with Crippen LogP contribution in [0.5, 0.6) is 0 Å². The van der Waals surface area contributed by atoms with Gasteiger partial charge in [-0.15, -0.1) is 0 Å². The minimum atomic E-state index is -4.18. The Kier molecular flexibility index (Phi) is 23.4. The van der Waals surface area contributed by atoms with E-state index in [2.05, 4.69) is 6.92 Å². The van der Waals surface area contributed by atoms with E-state index in [1.165, 1.54) is 57.8 Å². The number of hydrogen-bond acceptors (Lipinski definition) is 4. The number of aliphatic hydroxyl groups excluding tert-OH is 1. The number of hydrogen-bond donors (Lipinski definition) is 1. The SMILES string of the molecule is CCCCCCCCCCCCC(O)CCCCC(CCCC)S(=O)(=O)[O-].[Na+]. The fourth-order valence-corrected chi connectivity index (χ4v) is 4.54. The summed E-state index contributed by atoms with van der Waals surface area (Å²) in [7, 11) is -4.18. The normalized spacial score (nSPS) is 13.9. The molecule has 0 bridgehead atoms. The van der Waals surface area contributed by atoms with E-state index >= 15 is 0 Å². The zero-order valence-corrected chi connectivity index (χ0v) is 21.8. The molecule has 0 aliphatic heterocycles. The fourth-order valence-electron chi connectivity index (χ4n) is 3.63. The van der Waals surface area contributed by atoms with Crippen LogP contribution in [0.1, 0.15) is 129 Å². The van der Waals surface area contributed by atoms with E-state index in [0.29, 0.717) is 19.3 Å². The van der Waals surface area contributed by atoms with Gasteiger partial charge >= 0.3 is 29.6 Å². The maximum Gasteiger partial charge on any atom is 1.00 e. The summed E-state index contributed by atoms with van der Waals surface area (Å²) in [6, 6.07) is 0. The van der Waals surface area contributed by atoms with Gasteiger partial charge in [-0.3, -0.25) is 0 Å². The van der Waals surface area contributed by atoms with Gasteiger partial charge in [-0.05, 0) is 25.7 Å². The van der Waals surface area contributed by atoms with E-state index in [0.717, 1.165) is 38.5 Å². The molecule has 0 saturated heterocycles. The molecule has 0 aromatic heterocycles. The molecule has 0 saturated carbocycles. The average molecular weight is 429 g/mol. The van der Waals surface area contributed by atoms with Gasteiger partial charge in [0.2, 0.25) is 0 Å². The van der Waals surface area contributed by atoms with E-state index < -0.39 is 15.4 Å². The summed E-state index contributed by atoms with van der Waals surface area (Å²) in [4.78, 5) is 0. The zero-order valence-electron chi connectivity index (χ0n) is 19.0. The quantitative estimate of drug-likeness (QED) is 0.183. The molecule has 2 unspecified atom stereocenters. The summed E-state index contributed by atoms with van der Waals surface area (Å²) in [6.07, 6.45) is 18.4. The summed E-state index contributed by atoms with van der Waals surface area (Å²) < 4.78 is 33.8. The van der Waals surface area contributed by atoms with E-state index in [1.807, 2.05) is 6.92 Å². The summed E-state index contributed by atoms with van der Waals surface area (Å²) in [5, 5.41) is 9.32. The Morgan fingerprint density at radius 1 is 0.643 bits per heavy atom. The molecule has 0 fully saturated rings. The molecule has 164 valence electrons. The molecule has 0 aromatic carbocycles. The Bertz CT molecular complexity index is 415. The van der Waals surface area contributed by atoms with Gasteiger partial charge in [-0.2, -0.15) is 0 Å². The Balaban J connectivity index is 0.